The summed E-state index contributed by atoms with van der Waals surface area (Å²) in [5.74, 6) is 0. The van der Waals surface area contributed by atoms with Crippen LogP contribution in [0, 0.1) is 0 Å². The van der Waals surface area contributed by atoms with Gasteiger partial charge in [-0.1, -0.05) is 18.2 Å². The average Bonchev–Trinajstić information content (AvgIpc) is 2.74. The number of aromatic nitrogens is 1. The maximum Gasteiger partial charge on any atom is 0.343 e. The first-order valence-electron chi connectivity index (χ1n) is 9.99. The van der Waals surface area contributed by atoms with E-state index in [0.717, 1.165) is 40.6 Å². The zero-order valence-corrected chi connectivity index (χ0v) is 19.6. The van der Waals surface area contributed by atoms with Gasteiger partial charge in [0.25, 0.3) is 0 Å². The van der Waals surface area contributed by atoms with Crippen LogP contribution in [-0.4, -0.2) is 13.1 Å². The molecule has 0 unspecified atom stereocenters. The van der Waals surface area contributed by atoms with Gasteiger partial charge in [0.2, 0.25) is 5.52 Å². The Hall–Kier alpha value is -2.67. The van der Waals surface area contributed by atoms with Crippen LogP contribution in [0.2, 0.25) is 0 Å². The molecule has 0 saturated carbocycles. The van der Waals surface area contributed by atoms with Crippen LogP contribution in [0.5, 0.6) is 0 Å². The van der Waals surface area contributed by atoms with E-state index in [4.69, 9.17) is 4.42 Å². The van der Waals surface area contributed by atoms with Crippen molar-refractivity contribution < 1.29 is 33.0 Å². The zero-order valence-electron chi connectivity index (χ0n) is 17.4. The second kappa shape index (κ2) is 9.43. The lowest BCUT2D eigenvalue weighted by Crippen LogP contribution is -3.00. The summed E-state index contributed by atoms with van der Waals surface area (Å²) in [7, 11) is 2.03. The van der Waals surface area contributed by atoms with Gasteiger partial charge in [-0.15, -0.1) is 0 Å². The van der Waals surface area contributed by atoms with Crippen molar-refractivity contribution in [3.05, 3.63) is 82.3 Å². The van der Waals surface area contributed by atoms with Crippen molar-refractivity contribution in [1.29, 1.82) is 0 Å². The van der Waals surface area contributed by atoms with Gasteiger partial charge >= 0.3 is 5.63 Å². The molecular formula is C25H25IN2O2. The molecule has 0 spiro atoms. The molecule has 154 valence electrons. The average molecular weight is 512 g/mol. The van der Waals surface area contributed by atoms with Crippen molar-refractivity contribution in [2.24, 2.45) is 7.05 Å². The van der Waals surface area contributed by atoms with Crippen LogP contribution in [0.25, 0.3) is 34.0 Å². The molecule has 0 bridgehead atoms. The molecule has 0 radical (unpaired) electrons. The molecule has 0 aliphatic heterocycles. The number of rotatable bonds is 5. The summed E-state index contributed by atoms with van der Waals surface area (Å²) < 4.78 is 7.72. The summed E-state index contributed by atoms with van der Waals surface area (Å²) in [6.07, 6.45) is 5.84. The predicted molar refractivity (Wildman–Crippen MR) is 120 cm³/mol. The quantitative estimate of drug-likeness (QED) is 0.233. The highest BCUT2D eigenvalue weighted by molar-refractivity contribution is 5.89. The first-order valence-corrected chi connectivity index (χ1v) is 9.99. The van der Waals surface area contributed by atoms with E-state index in [1.165, 1.54) is 0 Å². The topological polar surface area (TPSA) is 37.3 Å². The van der Waals surface area contributed by atoms with Gasteiger partial charge in [-0.2, -0.15) is 0 Å². The van der Waals surface area contributed by atoms with Gasteiger partial charge < -0.3 is 33.3 Å². The molecule has 4 rings (SSSR count). The van der Waals surface area contributed by atoms with Crippen LogP contribution in [0.1, 0.15) is 25.0 Å². The van der Waals surface area contributed by atoms with Crippen molar-refractivity contribution in [3.8, 4) is 0 Å². The molecule has 0 aliphatic rings. The number of nitrogens with zero attached hydrogens (tertiary/aromatic N) is 2. The molecule has 0 N–H and O–H groups in total. The fourth-order valence-corrected chi connectivity index (χ4v) is 3.73. The first-order chi connectivity index (χ1) is 14.1. The summed E-state index contributed by atoms with van der Waals surface area (Å²) >= 11 is 0. The number of hydrogen-bond acceptors (Lipinski definition) is 3. The van der Waals surface area contributed by atoms with E-state index >= 15 is 0 Å². The molecule has 0 saturated heterocycles. The molecule has 0 atom stereocenters. The summed E-state index contributed by atoms with van der Waals surface area (Å²) in [6.45, 7) is 6.06. The highest BCUT2D eigenvalue weighted by atomic mass is 127. The molecule has 30 heavy (non-hydrogen) atoms. The normalized spacial score (nSPS) is 11.2. The predicted octanol–water partition coefficient (Wildman–Crippen LogP) is 1.79. The third-order valence-corrected chi connectivity index (χ3v) is 5.39. The standard InChI is InChI=1S/C25H25N2O2.HI/c1-4-27(5-2)21-13-12-19-16-20(25(28)29-24(19)17-21)11-10-18-14-15-26(3)23-9-7-6-8-22(18)23;/h6-17H,4-5H2,1-3H3;1H/q+1;/p-1. The number of hydrogen-bond donors (Lipinski definition) is 0. The van der Waals surface area contributed by atoms with Crippen LogP contribution >= 0.6 is 0 Å². The molecule has 2 heterocycles. The van der Waals surface area contributed by atoms with E-state index in [-0.39, 0.29) is 29.6 Å². The van der Waals surface area contributed by atoms with E-state index in [0.29, 0.717) is 11.1 Å². The lowest BCUT2D eigenvalue weighted by Gasteiger charge is -2.20. The smallest absolute Gasteiger partial charge is 0.343 e. The van der Waals surface area contributed by atoms with Gasteiger partial charge in [-0.3, -0.25) is 0 Å². The Labute approximate surface area is 193 Å². The van der Waals surface area contributed by atoms with Crippen molar-refractivity contribution in [2.45, 2.75) is 13.8 Å². The van der Waals surface area contributed by atoms with Gasteiger partial charge in [0.1, 0.15) is 12.6 Å². The Morgan fingerprint density at radius 3 is 2.47 bits per heavy atom. The molecule has 4 nitrogen and oxygen atoms in total. The third-order valence-electron chi connectivity index (χ3n) is 5.39. The number of para-hydroxylation sites is 1. The minimum atomic E-state index is -0.323. The summed E-state index contributed by atoms with van der Waals surface area (Å²) in [5, 5.41) is 2.06. The Bertz CT molecular complexity index is 1270. The number of fused-ring (bicyclic) bond motifs is 2. The Morgan fingerprint density at radius 2 is 1.70 bits per heavy atom. The van der Waals surface area contributed by atoms with E-state index < -0.39 is 0 Å². The van der Waals surface area contributed by atoms with Crippen LogP contribution in [-0.2, 0) is 7.05 Å². The zero-order chi connectivity index (χ0) is 20.4. The lowest BCUT2D eigenvalue weighted by atomic mass is 10.1. The van der Waals surface area contributed by atoms with Crippen molar-refractivity contribution in [1.82, 2.24) is 0 Å². The Kier molecular flexibility index (Phi) is 6.92. The maximum absolute atomic E-state index is 12.6. The number of halogens is 1. The van der Waals surface area contributed by atoms with Gasteiger partial charge in [0, 0.05) is 42.4 Å². The summed E-state index contributed by atoms with van der Waals surface area (Å²) in [5.41, 5.74) is 4.12. The third kappa shape index (κ3) is 4.26. The van der Waals surface area contributed by atoms with Crippen LogP contribution in [0.15, 0.2) is 70.0 Å². The highest BCUT2D eigenvalue weighted by Gasteiger charge is 2.09. The highest BCUT2D eigenvalue weighted by Crippen LogP contribution is 2.23. The Morgan fingerprint density at radius 1 is 0.967 bits per heavy atom. The minimum Gasteiger partial charge on any atom is -1.00 e. The summed E-state index contributed by atoms with van der Waals surface area (Å²) in [6, 6.07) is 18.2. The molecule has 0 amide bonds. The van der Waals surface area contributed by atoms with Crippen molar-refractivity contribution in [3.63, 3.8) is 0 Å². The van der Waals surface area contributed by atoms with E-state index in [1.54, 1.807) is 0 Å². The molecular weight excluding hydrogens is 487 g/mol. The molecule has 0 aliphatic carbocycles. The molecule has 2 aromatic heterocycles. The Balaban J connectivity index is 0.00000256. The van der Waals surface area contributed by atoms with Crippen LogP contribution < -0.4 is 39.1 Å². The first kappa shape index (κ1) is 22.0. The van der Waals surface area contributed by atoms with E-state index in [9.17, 15) is 4.79 Å². The SMILES string of the molecule is CCN(CC)c1ccc2cc(/C=C/c3cc[n+](C)c4ccccc34)c(=O)oc2c1.[I-]. The number of pyridine rings is 1. The fourth-order valence-electron chi connectivity index (χ4n) is 3.73. The largest absolute Gasteiger partial charge is 1.00 e. The molecule has 5 heteroatoms. The fraction of sp³-hybridized carbons (Fsp3) is 0.200. The lowest BCUT2D eigenvalue weighted by molar-refractivity contribution is -0.644. The number of anilines is 1. The molecule has 2 aromatic carbocycles. The van der Waals surface area contributed by atoms with E-state index in [1.807, 2.05) is 55.7 Å². The van der Waals surface area contributed by atoms with E-state index in [2.05, 4.69) is 47.6 Å². The van der Waals surface area contributed by atoms with Gasteiger partial charge in [0.15, 0.2) is 6.20 Å². The number of benzene rings is 2. The van der Waals surface area contributed by atoms with Gasteiger partial charge in [-0.05, 0) is 49.8 Å². The molecule has 4 aromatic rings. The van der Waals surface area contributed by atoms with Crippen LogP contribution in [0.3, 0.4) is 0 Å². The second-order valence-corrected chi connectivity index (χ2v) is 7.12. The second-order valence-electron chi connectivity index (χ2n) is 7.12. The number of aryl methyl sites for hydroxylation is 1. The van der Waals surface area contributed by atoms with Crippen molar-refractivity contribution in [2.75, 3.05) is 18.0 Å². The van der Waals surface area contributed by atoms with Crippen molar-refractivity contribution >= 4 is 39.7 Å². The monoisotopic (exact) mass is 512 g/mol. The molecule has 0 fully saturated rings. The maximum atomic E-state index is 12.6. The summed E-state index contributed by atoms with van der Waals surface area (Å²) in [4.78, 5) is 14.8. The van der Waals surface area contributed by atoms with Crippen LogP contribution in [0.4, 0.5) is 5.69 Å². The van der Waals surface area contributed by atoms with Gasteiger partial charge in [-0.25, -0.2) is 9.36 Å². The minimum absolute atomic E-state index is 0. The van der Waals surface area contributed by atoms with Gasteiger partial charge in [0.05, 0.1) is 10.9 Å².